The summed E-state index contributed by atoms with van der Waals surface area (Å²) in [5.41, 5.74) is 3.29. The van der Waals surface area contributed by atoms with Crippen LogP contribution in [-0.2, 0) is 0 Å². The molecule has 1 aromatic rings. The number of aliphatic hydroxyl groups excluding tert-OH is 1. The van der Waals surface area contributed by atoms with E-state index in [0.717, 1.165) is 71.6 Å². The number of carbonyl (C=O) groups is 1. The Morgan fingerprint density at radius 2 is 2.03 bits per heavy atom. The number of aliphatic hydroxyl groups is 1. The average Bonchev–Trinajstić information content (AvgIpc) is 2.85. The van der Waals surface area contributed by atoms with Gasteiger partial charge in [0.2, 0.25) is 5.95 Å². The van der Waals surface area contributed by atoms with Crippen molar-refractivity contribution in [2.45, 2.75) is 31.4 Å². The second-order valence-corrected chi connectivity index (χ2v) is 9.59. The van der Waals surface area contributed by atoms with Gasteiger partial charge in [0.05, 0.1) is 12.1 Å². The van der Waals surface area contributed by atoms with E-state index in [-0.39, 0.29) is 12.5 Å². The number of carbonyl (C=O) groups excluding carboxylic acids is 1. The van der Waals surface area contributed by atoms with Crippen LogP contribution < -0.4 is 26.2 Å². The van der Waals surface area contributed by atoms with Gasteiger partial charge in [-0.15, -0.1) is 0 Å². The molecule has 4 aliphatic rings. The lowest BCUT2D eigenvalue weighted by Crippen LogP contribution is -2.51. The fourth-order valence-electron chi connectivity index (χ4n) is 4.88. The largest absolute Gasteiger partial charge is 0.390 e. The molecule has 2 fully saturated rings. The van der Waals surface area contributed by atoms with Gasteiger partial charge in [0.1, 0.15) is 11.5 Å². The fourth-order valence-corrected chi connectivity index (χ4v) is 4.88. The lowest BCUT2D eigenvalue weighted by Gasteiger charge is -2.32. The highest BCUT2D eigenvalue weighted by Gasteiger charge is 2.23. The molecule has 2 saturated heterocycles. The second-order valence-electron chi connectivity index (χ2n) is 9.59. The number of aromatic nitrogens is 2. The first-order chi connectivity index (χ1) is 16.6. The molecule has 4 heterocycles. The van der Waals surface area contributed by atoms with Crippen LogP contribution in [0, 0.1) is 0 Å². The Morgan fingerprint density at radius 3 is 2.82 bits per heavy atom. The molecule has 184 valence electrons. The summed E-state index contributed by atoms with van der Waals surface area (Å²) in [6, 6.07) is 2.02. The highest BCUT2D eigenvalue weighted by Crippen LogP contribution is 2.26. The third-order valence-electron chi connectivity index (χ3n) is 6.95. The number of hydrogen-bond acceptors (Lipinski definition) is 9. The third kappa shape index (κ3) is 5.75. The van der Waals surface area contributed by atoms with Gasteiger partial charge in [-0.05, 0) is 24.8 Å². The van der Waals surface area contributed by atoms with Crippen LogP contribution in [0.4, 0.5) is 11.8 Å². The maximum Gasteiger partial charge on any atom is 0.270 e. The van der Waals surface area contributed by atoms with Crippen molar-refractivity contribution in [3.05, 3.63) is 35.1 Å². The van der Waals surface area contributed by atoms with Crippen molar-refractivity contribution >= 4 is 17.7 Å². The van der Waals surface area contributed by atoms with E-state index in [4.69, 9.17) is 0 Å². The number of rotatable bonds is 8. The first-order valence-electron chi connectivity index (χ1n) is 12.5. The molecule has 3 aliphatic heterocycles. The van der Waals surface area contributed by atoms with Crippen LogP contribution in [0.2, 0.25) is 0 Å². The summed E-state index contributed by atoms with van der Waals surface area (Å²) in [6.45, 7) is 7.71. The van der Waals surface area contributed by atoms with Crippen LogP contribution in [0.15, 0.2) is 29.4 Å². The minimum Gasteiger partial charge on any atom is -0.390 e. The van der Waals surface area contributed by atoms with Gasteiger partial charge in [-0.25, -0.2) is 4.98 Å². The molecule has 1 amide bonds. The summed E-state index contributed by atoms with van der Waals surface area (Å²) in [5.74, 6) is 0.955. The molecule has 0 spiro atoms. The molecule has 1 aromatic heterocycles. The molecule has 5 rings (SSSR count). The summed E-state index contributed by atoms with van der Waals surface area (Å²) in [6.07, 6.45) is 7.14. The molecule has 0 bridgehead atoms. The minimum absolute atomic E-state index is 0.198. The van der Waals surface area contributed by atoms with Crippen LogP contribution in [0.5, 0.6) is 0 Å². The molecule has 5 N–H and O–H groups in total. The van der Waals surface area contributed by atoms with Gasteiger partial charge in [0.25, 0.3) is 5.91 Å². The molecule has 1 atom stereocenters. The van der Waals surface area contributed by atoms with Gasteiger partial charge in [0, 0.05) is 71.5 Å². The molecule has 10 heteroatoms. The number of allylic oxidation sites excluding steroid dienone is 2. The SMILES string of the molecule is O=C(NC[C@H](O)CN1CCC2=C(CCC=C2)C1)c1cc(NC2CNC2)nc(N2CCNCC2)n1. The third-order valence-corrected chi connectivity index (χ3v) is 6.95. The monoisotopic (exact) mass is 468 g/mol. The Balaban J connectivity index is 1.18. The van der Waals surface area contributed by atoms with E-state index < -0.39 is 6.10 Å². The number of amides is 1. The topological polar surface area (TPSA) is 118 Å². The normalized spacial score (nSPS) is 22.2. The van der Waals surface area contributed by atoms with Gasteiger partial charge in [-0.2, -0.15) is 4.98 Å². The quantitative estimate of drug-likeness (QED) is 0.351. The van der Waals surface area contributed by atoms with Crippen molar-refractivity contribution in [2.75, 3.05) is 75.7 Å². The standard InChI is InChI=1S/C24H36N8O2/c33-20(16-31-8-5-17-3-1-2-4-18(17)15-31)14-27-23(34)21-11-22(28-19-12-26-13-19)30-24(29-21)32-9-6-25-7-10-32/h1,3,11,19-20,25-26,33H,2,4-10,12-16H2,(H,27,34)(H,28,29,30)/t20-/m0/s1. The Morgan fingerprint density at radius 1 is 1.18 bits per heavy atom. The molecule has 0 unspecified atom stereocenters. The highest BCUT2D eigenvalue weighted by atomic mass is 16.3. The summed E-state index contributed by atoms with van der Waals surface area (Å²) in [4.78, 5) is 26.6. The number of β-amino-alcohol motifs (C(OH)–C–C–N with tert-alkyl or cyclic N) is 1. The second kappa shape index (κ2) is 10.8. The Kier molecular flexibility index (Phi) is 7.39. The molecule has 0 radical (unpaired) electrons. The van der Waals surface area contributed by atoms with Gasteiger partial charge in [0.15, 0.2) is 0 Å². The number of nitrogens with zero attached hydrogens (tertiary/aromatic N) is 4. The van der Waals surface area contributed by atoms with Crippen molar-refractivity contribution in [1.29, 1.82) is 0 Å². The van der Waals surface area contributed by atoms with Gasteiger partial charge < -0.3 is 31.3 Å². The average molecular weight is 469 g/mol. The van der Waals surface area contributed by atoms with E-state index in [0.29, 0.717) is 30.0 Å². The van der Waals surface area contributed by atoms with Gasteiger partial charge in [-0.3, -0.25) is 9.69 Å². The zero-order valence-electron chi connectivity index (χ0n) is 19.7. The van der Waals surface area contributed by atoms with Crippen molar-refractivity contribution < 1.29 is 9.90 Å². The van der Waals surface area contributed by atoms with Gasteiger partial charge in [-0.1, -0.05) is 17.7 Å². The summed E-state index contributed by atoms with van der Waals surface area (Å²) < 4.78 is 0. The number of nitrogens with one attached hydrogen (secondary N) is 4. The van der Waals surface area contributed by atoms with Crippen LogP contribution in [0.25, 0.3) is 0 Å². The van der Waals surface area contributed by atoms with Crippen molar-refractivity contribution in [3.8, 4) is 0 Å². The summed E-state index contributed by atoms with van der Waals surface area (Å²) in [7, 11) is 0. The van der Waals surface area contributed by atoms with E-state index in [1.54, 1.807) is 6.07 Å². The van der Waals surface area contributed by atoms with Gasteiger partial charge >= 0.3 is 0 Å². The van der Waals surface area contributed by atoms with E-state index in [2.05, 4.69) is 53.2 Å². The van der Waals surface area contributed by atoms with E-state index in [9.17, 15) is 9.90 Å². The maximum atomic E-state index is 13.0. The first-order valence-corrected chi connectivity index (χ1v) is 12.5. The van der Waals surface area contributed by atoms with Crippen LogP contribution in [-0.4, -0.2) is 103 Å². The lowest BCUT2D eigenvalue weighted by molar-refractivity contribution is 0.0859. The molecule has 1 aliphatic carbocycles. The minimum atomic E-state index is -0.627. The predicted octanol–water partition coefficient (Wildman–Crippen LogP) is -0.287. The van der Waals surface area contributed by atoms with E-state index in [1.807, 2.05) is 0 Å². The smallest absolute Gasteiger partial charge is 0.270 e. The van der Waals surface area contributed by atoms with E-state index >= 15 is 0 Å². The van der Waals surface area contributed by atoms with E-state index in [1.165, 1.54) is 11.1 Å². The molecular formula is C24H36N8O2. The molecule has 0 saturated carbocycles. The Bertz CT molecular complexity index is 939. The zero-order chi connectivity index (χ0) is 23.3. The Hall–Kier alpha value is -2.53. The first kappa shape index (κ1) is 23.2. The highest BCUT2D eigenvalue weighted by molar-refractivity contribution is 5.93. The van der Waals surface area contributed by atoms with Crippen LogP contribution in [0.1, 0.15) is 29.8 Å². The lowest BCUT2D eigenvalue weighted by atomic mass is 9.92. The van der Waals surface area contributed by atoms with Crippen molar-refractivity contribution in [2.24, 2.45) is 0 Å². The summed E-state index contributed by atoms with van der Waals surface area (Å²) >= 11 is 0. The van der Waals surface area contributed by atoms with Crippen LogP contribution >= 0.6 is 0 Å². The van der Waals surface area contributed by atoms with Crippen molar-refractivity contribution in [1.82, 2.24) is 30.8 Å². The molecule has 34 heavy (non-hydrogen) atoms. The predicted molar refractivity (Wildman–Crippen MR) is 132 cm³/mol. The van der Waals surface area contributed by atoms with Crippen molar-refractivity contribution in [3.63, 3.8) is 0 Å². The maximum absolute atomic E-state index is 13.0. The number of piperazine rings is 1. The molecular weight excluding hydrogens is 432 g/mol. The van der Waals surface area contributed by atoms with Crippen LogP contribution in [0.3, 0.4) is 0 Å². The summed E-state index contributed by atoms with van der Waals surface area (Å²) in [5, 5.41) is 23.5. The zero-order valence-corrected chi connectivity index (χ0v) is 19.7. The number of anilines is 2. The molecule has 0 aromatic carbocycles. The fraction of sp³-hybridized carbons (Fsp3) is 0.625. The molecule has 10 nitrogen and oxygen atoms in total. The number of hydrogen-bond donors (Lipinski definition) is 5. The Labute approximate surface area is 200 Å².